The molecule has 0 aliphatic carbocycles. The van der Waals surface area contributed by atoms with Gasteiger partial charge in [-0.15, -0.1) is 0 Å². The van der Waals surface area contributed by atoms with Crippen molar-refractivity contribution >= 4 is 11.8 Å². The molecular weight excluding hydrogens is 265 g/mol. The minimum Gasteiger partial charge on any atom is -0.269 e. The average molecular weight is 281 g/mol. The van der Waals surface area contributed by atoms with E-state index in [0.29, 0.717) is 0 Å². The molecule has 1 fully saturated rings. The molecule has 0 saturated carbocycles. The molecule has 2 bridgehead atoms. The van der Waals surface area contributed by atoms with Gasteiger partial charge in [0.15, 0.2) is 0 Å². The molecule has 106 valence electrons. The van der Waals surface area contributed by atoms with E-state index >= 15 is 0 Å². The molecule has 2 nitrogen and oxygen atoms in total. The van der Waals surface area contributed by atoms with Crippen LogP contribution in [0, 0.1) is 5.82 Å². The maximum absolute atomic E-state index is 13.4. The van der Waals surface area contributed by atoms with Crippen LogP contribution < -0.4 is 5.06 Å². The van der Waals surface area contributed by atoms with E-state index < -0.39 is 0 Å². The summed E-state index contributed by atoms with van der Waals surface area (Å²) in [6, 6.07) is 15.4. The fourth-order valence-electron chi connectivity index (χ4n) is 3.12. The quantitative estimate of drug-likeness (QED) is 0.825. The largest absolute Gasteiger partial charge is 0.269 e. The summed E-state index contributed by atoms with van der Waals surface area (Å²) in [6.07, 6.45) is 6.19. The number of hydrogen-bond acceptors (Lipinski definition) is 2. The van der Waals surface area contributed by atoms with Gasteiger partial charge in [0.05, 0.1) is 17.8 Å². The molecule has 1 unspecified atom stereocenters. The molecule has 2 aromatic carbocycles. The summed E-state index contributed by atoms with van der Waals surface area (Å²) in [5.41, 5.74) is 3.22. The zero-order valence-corrected chi connectivity index (χ0v) is 11.6. The monoisotopic (exact) mass is 281 g/mol. The van der Waals surface area contributed by atoms with Crippen LogP contribution >= 0.6 is 0 Å². The van der Waals surface area contributed by atoms with Gasteiger partial charge in [0.25, 0.3) is 0 Å². The first-order valence-corrected chi connectivity index (χ1v) is 7.27. The average Bonchev–Trinajstić information content (AvgIpc) is 2.83. The molecule has 1 saturated heterocycles. The number of hydrogen-bond donors (Lipinski definition) is 0. The highest BCUT2D eigenvalue weighted by molar-refractivity contribution is 5.58. The lowest BCUT2D eigenvalue weighted by atomic mass is 10.0. The van der Waals surface area contributed by atoms with E-state index in [-0.39, 0.29) is 18.0 Å². The van der Waals surface area contributed by atoms with Crippen LogP contribution in [0.25, 0.3) is 6.08 Å². The van der Waals surface area contributed by atoms with E-state index in [1.54, 1.807) is 6.07 Å². The normalized spacial score (nSPS) is 23.6. The lowest BCUT2D eigenvalue weighted by Gasteiger charge is -2.29. The molecule has 0 radical (unpaired) electrons. The van der Waals surface area contributed by atoms with Crippen molar-refractivity contribution in [2.45, 2.75) is 25.0 Å². The second-order valence-electron chi connectivity index (χ2n) is 5.60. The third-order valence-electron chi connectivity index (χ3n) is 4.11. The van der Waals surface area contributed by atoms with E-state index in [0.717, 1.165) is 24.1 Å². The smallest absolute Gasteiger partial charge is 0.123 e. The van der Waals surface area contributed by atoms with E-state index in [4.69, 9.17) is 4.84 Å². The van der Waals surface area contributed by atoms with Gasteiger partial charge in [-0.25, -0.2) is 9.45 Å². The fraction of sp³-hybridized carbons (Fsp3) is 0.222. The van der Waals surface area contributed by atoms with Crippen LogP contribution in [0.5, 0.6) is 0 Å². The SMILES string of the molecule is Fc1ccc2c(c1)CC1C[C@@H](/C=C/c3ccccc3)N2O1. The molecule has 2 atom stereocenters. The van der Waals surface area contributed by atoms with Crippen molar-refractivity contribution in [3.63, 3.8) is 0 Å². The molecule has 2 aromatic rings. The minimum atomic E-state index is -0.173. The minimum absolute atomic E-state index is 0.157. The molecule has 2 aliphatic heterocycles. The zero-order chi connectivity index (χ0) is 14.2. The molecule has 0 spiro atoms. The van der Waals surface area contributed by atoms with Gasteiger partial charge in [-0.1, -0.05) is 42.5 Å². The lowest BCUT2D eigenvalue weighted by molar-refractivity contribution is 0.0751. The molecule has 2 heterocycles. The fourth-order valence-corrected chi connectivity index (χ4v) is 3.12. The van der Waals surface area contributed by atoms with Crippen LogP contribution in [0.15, 0.2) is 54.6 Å². The highest BCUT2D eigenvalue weighted by Crippen LogP contribution is 2.38. The summed E-state index contributed by atoms with van der Waals surface area (Å²) in [5.74, 6) is -0.173. The number of halogens is 1. The second kappa shape index (κ2) is 5.01. The van der Waals surface area contributed by atoms with Gasteiger partial charge >= 0.3 is 0 Å². The Bertz CT molecular complexity index is 683. The third kappa shape index (κ3) is 2.34. The van der Waals surface area contributed by atoms with Gasteiger partial charge < -0.3 is 0 Å². The topological polar surface area (TPSA) is 12.5 Å². The van der Waals surface area contributed by atoms with E-state index in [9.17, 15) is 4.39 Å². The summed E-state index contributed by atoms with van der Waals surface area (Å²) in [6.45, 7) is 0. The number of anilines is 1. The molecule has 0 amide bonds. The van der Waals surface area contributed by atoms with Gasteiger partial charge in [0.1, 0.15) is 5.82 Å². The van der Waals surface area contributed by atoms with Gasteiger partial charge in [0.2, 0.25) is 0 Å². The van der Waals surface area contributed by atoms with E-state index in [1.165, 1.54) is 11.6 Å². The van der Waals surface area contributed by atoms with Gasteiger partial charge in [0, 0.05) is 12.8 Å². The molecule has 4 rings (SSSR count). The van der Waals surface area contributed by atoms with Crippen LogP contribution in [0.2, 0.25) is 0 Å². The van der Waals surface area contributed by atoms with Crippen molar-refractivity contribution in [1.82, 2.24) is 0 Å². The predicted molar refractivity (Wildman–Crippen MR) is 81.3 cm³/mol. The zero-order valence-electron chi connectivity index (χ0n) is 11.6. The molecule has 0 aromatic heterocycles. The highest BCUT2D eigenvalue weighted by Gasteiger charge is 2.38. The van der Waals surface area contributed by atoms with Crippen molar-refractivity contribution in [1.29, 1.82) is 0 Å². The Morgan fingerprint density at radius 1 is 1.14 bits per heavy atom. The van der Waals surface area contributed by atoms with Crippen LogP contribution in [-0.4, -0.2) is 12.1 Å². The maximum Gasteiger partial charge on any atom is 0.123 e. The van der Waals surface area contributed by atoms with E-state index in [1.807, 2.05) is 29.3 Å². The Hall–Kier alpha value is -2.13. The van der Waals surface area contributed by atoms with Crippen molar-refractivity contribution < 1.29 is 9.23 Å². The Morgan fingerprint density at radius 3 is 2.86 bits per heavy atom. The molecule has 3 heteroatoms. The van der Waals surface area contributed by atoms with Crippen molar-refractivity contribution in [3.05, 3.63) is 71.6 Å². The lowest BCUT2D eigenvalue weighted by Crippen LogP contribution is -2.30. The van der Waals surface area contributed by atoms with Crippen LogP contribution in [0.1, 0.15) is 17.5 Å². The Balaban J connectivity index is 1.61. The molecule has 21 heavy (non-hydrogen) atoms. The highest BCUT2D eigenvalue weighted by atomic mass is 19.1. The Kier molecular flexibility index (Phi) is 3.00. The number of rotatable bonds is 2. The summed E-state index contributed by atoms with van der Waals surface area (Å²) in [5, 5.41) is 1.93. The van der Waals surface area contributed by atoms with Gasteiger partial charge in [-0.05, 0) is 29.3 Å². The van der Waals surface area contributed by atoms with Crippen LogP contribution in [-0.2, 0) is 11.3 Å². The van der Waals surface area contributed by atoms with Gasteiger partial charge in [-0.2, -0.15) is 0 Å². The van der Waals surface area contributed by atoms with Gasteiger partial charge in [-0.3, -0.25) is 4.84 Å². The van der Waals surface area contributed by atoms with Crippen molar-refractivity contribution in [3.8, 4) is 0 Å². The maximum atomic E-state index is 13.4. The predicted octanol–water partition coefficient (Wildman–Crippen LogP) is 3.97. The molecule has 2 aliphatic rings. The summed E-state index contributed by atoms with van der Waals surface area (Å²) in [7, 11) is 0. The van der Waals surface area contributed by atoms with E-state index in [2.05, 4.69) is 24.3 Å². The number of nitrogens with zero attached hydrogens (tertiary/aromatic N) is 1. The first-order chi connectivity index (χ1) is 10.3. The molecule has 0 N–H and O–H groups in total. The summed E-state index contributed by atoms with van der Waals surface area (Å²) < 4.78 is 13.4. The van der Waals surface area contributed by atoms with Crippen LogP contribution in [0.3, 0.4) is 0 Å². The summed E-state index contributed by atoms with van der Waals surface area (Å²) >= 11 is 0. The third-order valence-corrected chi connectivity index (χ3v) is 4.11. The van der Waals surface area contributed by atoms with Crippen molar-refractivity contribution in [2.24, 2.45) is 0 Å². The first kappa shape index (κ1) is 12.6. The summed E-state index contributed by atoms with van der Waals surface area (Å²) in [4.78, 5) is 5.92. The Morgan fingerprint density at radius 2 is 2.00 bits per heavy atom. The second-order valence-corrected chi connectivity index (χ2v) is 5.60. The number of benzene rings is 2. The standard InChI is InChI=1S/C18H16FNO/c19-15-7-9-18-14(10-15)11-17-12-16(20(18)21-17)8-6-13-4-2-1-3-5-13/h1-10,16-17H,11-12H2/b8-6+/t16-,17?/m1/s1. The first-order valence-electron chi connectivity index (χ1n) is 7.27. The number of hydroxylamine groups is 1. The van der Waals surface area contributed by atoms with Crippen molar-refractivity contribution in [2.75, 3.05) is 5.06 Å². The van der Waals surface area contributed by atoms with Crippen LogP contribution in [0.4, 0.5) is 10.1 Å². The molecular formula is C18H16FNO. The number of fused-ring (bicyclic) bond motifs is 4. The Labute approximate surface area is 123 Å².